The van der Waals surface area contributed by atoms with Crippen molar-refractivity contribution in [3.8, 4) is 0 Å². The van der Waals surface area contributed by atoms with Crippen molar-refractivity contribution < 1.29 is 16.8 Å². The molecule has 0 aliphatic rings. The number of rotatable bonds is 4. The van der Waals surface area contributed by atoms with E-state index in [0.29, 0.717) is 0 Å². The lowest BCUT2D eigenvalue weighted by molar-refractivity contribution is 0.597. The summed E-state index contributed by atoms with van der Waals surface area (Å²) < 4.78 is 50.9. The molecule has 0 amide bonds. The van der Waals surface area contributed by atoms with E-state index in [1.165, 1.54) is 35.2 Å². The molecule has 0 bridgehead atoms. The van der Waals surface area contributed by atoms with Crippen LogP contribution >= 0.6 is 11.6 Å². The molecule has 10 heteroatoms. The summed E-state index contributed by atoms with van der Waals surface area (Å²) in [6.45, 7) is 0. The lowest BCUT2D eigenvalue weighted by Gasteiger charge is -2.07. The zero-order valence-electron chi connectivity index (χ0n) is 11.1. The number of hydrogen-bond acceptors (Lipinski definition) is 5. The number of aryl methyl sites for hydroxylation is 1. The SMILES string of the molecule is Cn1cnc(S(=O)(=O)Nc2cccc(S(C)(=O)=O)c2)c1Cl. The third-order valence-electron chi connectivity index (χ3n) is 2.60. The molecule has 0 atom stereocenters. The second kappa shape index (κ2) is 5.32. The molecule has 0 radical (unpaired) electrons. The third-order valence-corrected chi connectivity index (χ3v) is 5.58. The predicted molar refractivity (Wildman–Crippen MR) is 78.6 cm³/mol. The highest BCUT2D eigenvalue weighted by Gasteiger charge is 2.22. The van der Waals surface area contributed by atoms with Crippen molar-refractivity contribution in [1.82, 2.24) is 9.55 Å². The molecule has 2 rings (SSSR count). The average Bonchev–Trinajstić information content (AvgIpc) is 2.69. The van der Waals surface area contributed by atoms with Gasteiger partial charge in [-0.1, -0.05) is 17.7 Å². The zero-order valence-corrected chi connectivity index (χ0v) is 13.5. The maximum absolute atomic E-state index is 12.2. The van der Waals surface area contributed by atoms with Crippen LogP contribution in [0.3, 0.4) is 0 Å². The van der Waals surface area contributed by atoms with Crippen LogP contribution < -0.4 is 4.72 Å². The van der Waals surface area contributed by atoms with E-state index in [4.69, 9.17) is 11.6 Å². The van der Waals surface area contributed by atoms with Crippen LogP contribution in [-0.2, 0) is 26.9 Å². The molecule has 0 aliphatic carbocycles. The molecule has 1 N–H and O–H groups in total. The Morgan fingerprint density at radius 1 is 1.24 bits per heavy atom. The predicted octanol–water partition coefficient (Wildman–Crippen LogP) is 1.28. The summed E-state index contributed by atoms with van der Waals surface area (Å²) >= 11 is 5.85. The van der Waals surface area contributed by atoms with Gasteiger partial charge in [-0.15, -0.1) is 0 Å². The highest BCUT2D eigenvalue weighted by molar-refractivity contribution is 7.92. The molecule has 1 heterocycles. The van der Waals surface area contributed by atoms with E-state index in [1.807, 2.05) is 0 Å². The number of nitrogens with zero attached hydrogens (tertiary/aromatic N) is 2. The average molecular weight is 350 g/mol. The standard InChI is InChI=1S/C11H12ClN3O4S2/c1-15-7-13-11(10(15)12)21(18,19)14-8-4-3-5-9(6-8)20(2,16)17/h3-7,14H,1-2H3. The van der Waals surface area contributed by atoms with Crippen molar-refractivity contribution >= 4 is 37.1 Å². The van der Waals surface area contributed by atoms with E-state index in [0.717, 1.165) is 6.26 Å². The van der Waals surface area contributed by atoms with Gasteiger partial charge in [-0.25, -0.2) is 13.4 Å². The minimum absolute atomic E-state index is 0.00909. The molecular formula is C11H12ClN3O4S2. The van der Waals surface area contributed by atoms with Crippen molar-refractivity contribution in [2.24, 2.45) is 7.05 Å². The molecule has 0 saturated heterocycles. The third kappa shape index (κ3) is 3.36. The van der Waals surface area contributed by atoms with Gasteiger partial charge in [0.2, 0.25) is 5.03 Å². The Hall–Kier alpha value is -1.58. The first-order valence-corrected chi connectivity index (χ1v) is 9.36. The smallest absolute Gasteiger partial charge is 0.282 e. The molecule has 0 unspecified atom stereocenters. The lowest BCUT2D eigenvalue weighted by Crippen LogP contribution is -2.14. The van der Waals surface area contributed by atoms with Gasteiger partial charge >= 0.3 is 0 Å². The summed E-state index contributed by atoms with van der Waals surface area (Å²) in [7, 11) is -5.87. The molecule has 114 valence electrons. The number of nitrogens with one attached hydrogen (secondary N) is 1. The molecule has 21 heavy (non-hydrogen) atoms. The van der Waals surface area contributed by atoms with Crippen molar-refractivity contribution in [2.75, 3.05) is 11.0 Å². The number of hydrogen-bond donors (Lipinski definition) is 1. The van der Waals surface area contributed by atoms with Gasteiger partial charge in [-0.05, 0) is 18.2 Å². The topological polar surface area (TPSA) is 98.1 Å². The normalized spacial score (nSPS) is 12.3. The van der Waals surface area contributed by atoms with Gasteiger partial charge in [0.25, 0.3) is 10.0 Å². The summed E-state index contributed by atoms with van der Waals surface area (Å²) in [6.07, 6.45) is 2.31. The second-order valence-corrected chi connectivity index (χ2v) is 8.33. The van der Waals surface area contributed by atoms with Gasteiger partial charge in [0.15, 0.2) is 9.84 Å². The fraction of sp³-hybridized carbons (Fsp3) is 0.182. The van der Waals surface area contributed by atoms with Crippen LogP contribution in [0.1, 0.15) is 0 Å². The van der Waals surface area contributed by atoms with Crippen molar-refractivity contribution in [3.05, 3.63) is 35.7 Å². The van der Waals surface area contributed by atoms with Crippen molar-refractivity contribution in [2.45, 2.75) is 9.92 Å². The van der Waals surface area contributed by atoms with E-state index in [2.05, 4.69) is 9.71 Å². The Labute approximate surface area is 127 Å². The fourth-order valence-electron chi connectivity index (χ4n) is 1.57. The summed E-state index contributed by atoms with van der Waals surface area (Å²) in [5.74, 6) is 0. The van der Waals surface area contributed by atoms with Crippen LogP contribution in [0.2, 0.25) is 5.15 Å². The monoisotopic (exact) mass is 349 g/mol. The molecule has 0 fully saturated rings. The number of sulfonamides is 1. The van der Waals surface area contributed by atoms with Crippen LogP contribution in [0.25, 0.3) is 0 Å². The minimum Gasteiger partial charge on any atom is -0.324 e. The van der Waals surface area contributed by atoms with Gasteiger partial charge in [-0.3, -0.25) is 4.72 Å². The van der Waals surface area contributed by atoms with Crippen molar-refractivity contribution in [1.29, 1.82) is 0 Å². The number of aromatic nitrogens is 2. The Morgan fingerprint density at radius 3 is 2.43 bits per heavy atom. The summed E-state index contributed by atoms with van der Waals surface area (Å²) in [6, 6.07) is 5.47. The maximum Gasteiger partial charge on any atom is 0.282 e. The Bertz CT molecular complexity index is 888. The van der Waals surface area contributed by atoms with Gasteiger partial charge in [-0.2, -0.15) is 8.42 Å². The zero-order chi connectivity index (χ0) is 15.8. The number of imidazole rings is 1. The van der Waals surface area contributed by atoms with Gasteiger partial charge in [0, 0.05) is 13.3 Å². The Morgan fingerprint density at radius 2 is 1.90 bits per heavy atom. The van der Waals surface area contributed by atoms with E-state index >= 15 is 0 Å². The molecule has 7 nitrogen and oxygen atoms in total. The molecule has 1 aromatic carbocycles. The van der Waals surface area contributed by atoms with Crippen LogP contribution in [0.4, 0.5) is 5.69 Å². The van der Waals surface area contributed by atoms with E-state index < -0.39 is 19.9 Å². The van der Waals surface area contributed by atoms with Crippen molar-refractivity contribution in [3.63, 3.8) is 0 Å². The lowest BCUT2D eigenvalue weighted by atomic mass is 10.3. The molecule has 1 aromatic heterocycles. The molecule has 2 aromatic rings. The minimum atomic E-state index is -3.99. The van der Waals surface area contributed by atoms with Crippen LogP contribution in [-0.4, -0.2) is 32.6 Å². The number of benzene rings is 1. The highest BCUT2D eigenvalue weighted by atomic mass is 35.5. The van der Waals surface area contributed by atoms with Crippen LogP contribution in [0.15, 0.2) is 40.5 Å². The summed E-state index contributed by atoms with van der Waals surface area (Å²) in [4.78, 5) is 3.73. The first-order valence-electron chi connectivity index (χ1n) is 5.61. The number of sulfone groups is 1. The number of halogens is 1. The fourth-order valence-corrected chi connectivity index (χ4v) is 3.72. The molecule has 0 saturated carbocycles. The van der Waals surface area contributed by atoms with E-state index in [-0.39, 0.29) is 20.8 Å². The molecular weight excluding hydrogens is 338 g/mol. The summed E-state index contributed by atoms with van der Waals surface area (Å²) in [5.41, 5.74) is 0.111. The molecule has 0 spiro atoms. The first-order chi connectivity index (χ1) is 9.61. The maximum atomic E-state index is 12.2. The van der Waals surface area contributed by atoms with E-state index in [1.54, 1.807) is 7.05 Å². The second-order valence-electron chi connectivity index (χ2n) is 4.36. The largest absolute Gasteiger partial charge is 0.324 e. The first kappa shape index (κ1) is 15.8. The molecule has 0 aliphatic heterocycles. The Balaban J connectivity index is 2.40. The van der Waals surface area contributed by atoms with Crippen LogP contribution in [0, 0.1) is 0 Å². The summed E-state index contributed by atoms with van der Waals surface area (Å²) in [5, 5.41) is -0.363. The van der Waals surface area contributed by atoms with Gasteiger partial charge < -0.3 is 4.57 Å². The van der Waals surface area contributed by atoms with Gasteiger partial charge in [0.05, 0.1) is 16.9 Å². The van der Waals surface area contributed by atoms with Gasteiger partial charge in [0.1, 0.15) is 5.15 Å². The van der Waals surface area contributed by atoms with E-state index in [9.17, 15) is 16.8 Å². The van der Waals surface area contributed by atoms with Crippen LogP contribution in [0.5, 0.6) is 0 Å². The number of anilines is 1. The quantitative estimate of drug-likeness (QED) is 0.896. The highest BCUT2D eigenvalue weighted by Crippen LogP contribution is 2.23. The Kier molecular flexibility index (Phi) is 4.00.